The van der Waals surface area contributed by atoms with Gasteiger partial charge in [-0.2, -0.15) is 0 Å². The van der Waals surface area contributed by atoms with Crippen LogP contribution in [0.5, 0.6) is 0 Å². The minimum atomic E-state index is -0.296. The van der Waals surface area contributed by atoms with Crippen LogP contribution in [0.25, 0.3) is 10.9 Å². The topological polar surface area (TPSA) is 116 Å². The van der Waals surface area contributed by atoms with Gasteiger partial charge >= 0.3 is 0 Å². The van der Waals surface area contributed by atoms with Crippen LogP contribution in [0, 0.1) is 6.92 Å². The predicted molar refractivity (Wildman–Crippen MR) is 153 cm³/mol. The number of rotatable bonds is 4. The molecular weight excluding hydrogens is 474 g/mol. The van der Waals surface area contributed by atoms with Crippen molar-refractivity contribution in [1.82, 2.24) is 9.13 Å². The summed E-state index contributed by atoms with van der Waals surface area (Å²) in [5.74, 6) is -0.296. The zero-order valence-corrected chi connectivity index (χ0v) is 21.5. The van der Waals surface area contributed by atoms with Crippen LogP contribution >= 0.6 is 0 Å². The Morgan fingerprint density at radius 1 is 0.816 bits per heavy atom. The van der Waals surface area contributed by atoms with Crippen molar-refractivity contribution in [2.75, 3.05) is 16.8 Å². The fraction of sp³-hybridized carbons (Fsp3) is 0.100. The van der Waals surface area contributed by atoms with Crippen LogP contribution in [0.15, 0.2) is 101 Å². The zero-order chi connectivity index (χ0) is 26.8. The summed E-state index contributed by atoms with van der Waals surface area (Å²) >= 11 is 0. The summed E-state index contributed by atoms with van der Waals surface area (Å²) in [5.41, 5.74) is 17.9. The van der Waals surface area contributed by atoms with Crippen molar-refractivity contribution in [3.63, 3.8) is 0 Å². The van der Waals surface area contributed by atoms with Gasteiger partial charge in [-0.3, -0.25) is 4.79 Å². The number of carbonyl (C=O) groups excluding carboxylic acids is 1. The number of nitrogen functional groups attached to an aromatic ring is 2. The van der Waals surface area contributed by atoms with E-state index in [0.29, 0.717) is 28.3 Å². The maximum Gasteiger partial charge on any atom is 0.257 e. The van der Waals surface area contributed by atoms with Gasteiger partial charge in [-0.15, -0.1) is 0 Å². The maximum atomic E-state index is 12.9. The molecule has 8 heteroatoms. The number of benzene rings is 3. The first kappa shape index (κ1) is 24.6. The lowest BCUT2D eigenvalue weighted by atomic mass is 10.1. The molecule has 0 aliphatic carbocycles. The molecule has 5 N–H and O–H groups in total. The second kappa shape index (κ2) is 10.1. The third-order valence-corrected chi connectivity index (χ3v) is 6.41. The number of nitrogens with one attached hydrogen (secondary N) is 1. The lowest BCUT2D eigenvalue weighted by Crippen LogP contribution is -2.14. The molecule has 0 aliphatic heterocycles. The molecule has 38 heavy (non-hydrogen) atoms. The fourth-order valence-corrected chi connectivity index (χ4v) is 4.21. The van der Waals surface area contributed by atoms with Gasteiger partial charge in [0.05, 0.1) is 33.2 Å². The van der Waals surface area contributed by atoms with E-state index in [1.165, 1.54) is 0 Å². The molecule has 0 spiro atoms. The van der Waals surface area contributed by atoms with Crippen LogP contribution in [-0.2, 0) is 14.1 Å². The van der Waals surface area contributed by atoms with E-state index in [-0.39, 0.29) is 5.91 Å². The summed E-state index contributed by atoms with van der Waals surface area (Å²) in [7, 11) is 3.97. The highest BCUT2D eigenvalue weighted by molar-refractivity contribution is 6.08. The molecule has 0 bridgehead atoms. The van der Waals surface area contributed by atoms with Crippen molar-refractivity contribution in [2.24, 2.45) is 24.1 Å². The first-order chi connectivity index (χ1) is 18.3. The van der Waals surface area contributed by atoms with E-state index in [0.717, 1.165) is 33.0 Å². The average Bonchev–Trinajstić information content (AvgIpc) is 2.89. The molecule has 0 saturated carbocycles. The van der Waals surface area contributed by atoms with E-state index in [1.54, 1.807) is 18.2 Å². The van der Waals surface area contributed by atoms with Gasteiger partial charge in [0, 0.05) is 54.6 Å². The Morgan fingerprint density at radius 2 is 1.53 bits per heavy atom. The van der Waals surface area contributed by atoms with Crippen LogP contribution in [0.2, 0.25) is 0 Å². The van der Waals surface area contributed by atoms with Crippen molar-refractivity contribution >= 4 is 45.2 Å². The quantitative estimate of drug-likeness (QED) is 0.309. The lowest BCUT2D eigenvalue weighted by Gasteiger charge is -2.11. The summed E-state index contributed by atoms with van der Waals surface area (Å²) in [5, 5.41) is 5.48. The summed E-state index contributed by atoms with van der Waals surface area (Å²) < 4.78 is 4.04. The molecule has 8 nitrogen and oxygen atoms in total. The highest BCUT2D eigenvalue weighted by Crippen LogP contribution is 2.23. The molecule has 0 unspecified atom stereocenters. The van der Waals surface area contributed by atoms with E-state index in [4.69, 9.17) is 16.5 Å². The number of fused-ring (bicyclic) bond motifs is 1. The lowest BCUT2D eigenvalue weighted by molar-refractivity contribution is 0.102. The van der Waals surface area contributed by atoms with Crippen LogP contribution in [-0.4, -0.2) is 15.0 Å². The Morgan fingerprint density at radius 3 is 2.24 bits per heavy atom. The minimum Gasteiger partial charge on any atom is -0.399 e. The van der Waals surface area contributed by atoms with Gasteiger partial charge in [0.15, 0.2) is 0 Å². The molecule has 0 fully saturated rings. The van der Waals surface area contributed by atoms with Crippen molar-refractivity contribution in [3.8, 4) is 0 Å². The number of anilines is 3. The van der Waals surface area contributed by atoms with Crippen molar-refractivity contribution in [2.45, 2.75) is 6.92 Å². The number of hydrogen-bond acceptors (Lipinski definition) is 5. The highest BCUT2D eigenvalue weighted by Gasteiger charge is 2.11. The number of amides is 1. The second-order valence-electron chi connectivity index (χ2n) is 9.22. The summed E-state index contributed by atoms with van der Waals surface area (Å²) in [6, 6.07) is 24.2. The van der Waals surface area contributed by atoms with E-state index in [9.17, 15) is 4.79 Å². The van der Waals surface area contributed by atoms with E-state index in [1.807, 2.05) is 98.6 Å². The highest BCUT2D eigenvalue weighted by atomic mass is 16.1. The van der Waals surface area contributed by atoms with Crippen molar-refractivity contribution in [1.29, 1.82) is 0 Å². The molecule has 5 aromatic rings. The standard InChI is InChI=1S/C30H29N7O/c1-19-16-28(26-17-20(31)4-11-29(26)37(19)3)34-24-9-10-25(27(32)18-24)30(38)35-22-7-5-21(6-8-22)33-23-12-14-36(2)15-13-23/h4-18H,31-32H2,1-3H3,(H,35,38). The molecule has 2 aromatic heterocycles. The molecule has 5 rings (SSSR count). The molecule has 2 heterocycles. The maximum absolute atomic E-state index is 12.9. The number of carbonyl (C=O) groups is 1. The molecule has 0 atom stereocenters. The Labute approximate surface area is 220 Å². The third-order valence-electron chi connectivity index (χ3n) is 6.41. The van der Waals surface area contributed by atoms with Gasteiger partial charge < -0.3 is 25.9 Å². The Balaban J connectivity index is 1.38. The Bertz CT molecular complexity index is 1790. The molecule has 0 saturated heterocycles. The number of nitrogens with two attached hydrogens (primary N) is 2. The van der Waals surface area contributed by atoms with Crippen LogP contribution in [0.4, 0.5) is 28.4 Å². The molecule has 0 aliphatic rings. The van der Waals surface area contributed by atoms with Crippen LogP contribution < -0.4 is 27.5 Å². The number of aryl methyl sites for hydroxylation is 3. The Kier molecular flexibility index (Phi) is 6.53. The summed E-state index contributed by atoms with van der Waals surface area (Å²) in [6.07, 6.45) is 3.88. The van der Waals surface area contributed by atoms with Gasteiger partial charge in [-0.05, 0) is 85.8 Å². The van der Waals surface area contributed by atoms with Crippen molar-refractivity contribution in [3.05, 3.63) is 113 Å². The number of nitrogens with zero attached hydrogens (tertiary/aromatic N) is 4. The number of hydrogen-bond donors (Lipinski definition) is 3. The first-order valence-corrected chi connectivity index (χ1v) is 12.2. The SMILES string of the molecule is Cc1cc(=Nc2ccc(C(=O)Nc3ccc(N=c4ccn(C)cc4)cc3)c(N)c2)c2cc(N)ccc2n1C. The monoisotopic (exact) mass is 503 g/mol. The van der Waals surface area contributed by atoms with Gasteiger partial charge in [0.2, 0.25) is 0 Å². The van der Waals surface area contributed by atoms with Crippen LogP contribution in [0.3, 0.4) is 0 Å². The normalized spacial score (nSPS) is 11.5. The molecular formula is C30H29N7O. The molecule has 0 radical (unpaired) electrons. The number of pyridine rings is 2. The Hall–Kier alpha value is -5.11. The van der Waals surface area contributed by atoms with E-state index < -0.39 is 0 Å². The summed E-state index contributed by atoms with van der Waals surface area (Å²) in [6.45, 7) is 2.03. The average molecular weight is 504 g/mol. The van der Waals surface area contributed by atoms with Gasteiger partial charge in [0.1, 0.15) is 0 Å². The third kappa shape index (κ3) is 5.19. The van der Waals surface area contributed by atoms with E-state index in [2.05, 4.69) is 14.9 Å². The second-order valence-corrected chi connectivity index (χ2v) is 9.22. The largest absolute Gasteiger partial charge is 0.399 e. The fourth-order valence-electron chi connectivity index (χ4n) is 4.21. The summed E-state index contributed by atoms with van der Waals surface area (Å²) in [4.78, 5) is 22.3. The van der Waals surface area contributed by atoms with Crippen molar-refractivity contribution < 1.29 is 4.79 Å². The smallest absolute Gasteiger partial charge is 0.257 e. The van der Waals surface area contributed by atoms with Gasteiger partial charge in [-0.25, -0.2) is 9.98 Å². The molecule has 3 aromatic carbocycles. The predicted octanol–water partition coefficient (Wildman–Crippen LogP) is 4.71. The minimum absolute atomic E-state index is 0.296. The first-order valence-electron chi connectivity index (χ1n) is 12.2. The van der Waals surface area contributed by atoms with Gasteiger partial charge in [-0.1, -0.05) is 0 Å². The number of aromatic nitrogens is 2. The molecule has 190 valence electrons. The zero-order valence-electron chi connectivity index (χ0n) is 21.5. The van der Waals surface area contributed by atoms with Gasteiger partial charge in [0.25, 0.3) is 5.91 Å². The van der Waals surface area contributed by atoms with E-state index >= 15 is 0 Å². The van der Waals surface area contributed by atoms with Crippen LogP contribution in [0.1, 0.15) is 16.1 Å². The molecule has 1 amide bonds.